The Kier molecular flexibility index (Phi) is 7.30. The smallest absolute Gasteiger partial charge is 0.295 e. The Morgan fingerprint density at radius 3 is 2.49 bits per heavy atom. The van der Waals surface area contributed by atoms with Crippen molar-refractivity contribution in [1.82, 2.24) is 9.88 Å². The van der Waals surface area contributed by atoms with E-state index in [1.54, 1.807) is 49.6 Å². The van der Waals surface area contributed by atoms with Crippen LogP contribution in [0.1, 0.15) is 23.6 Å². The number of imidazole rings is 1. The Labute approximate surface area is 203 Å². The quantitative estimate of drug-likeness (QED) is 0.154. The van der Waals surface area contributed by atoms with Gasteiger partial charge in [0.1, 0.15) is 36.3 Å². The highest BCUT2D eigenvalue weighted by atomic mass is 16.5. The molecular weight excluding hydrogens is 446 g/mol. The summed E-state index contributed by atoms with van der Waals surface area (Å²) in [6, 6.07) is 13.2. The molecule has 1 atom stereocenters. The molecule has 1 saturated heterocycles. The topological polar surface area (TPSA) is 95.7 Å². The molecule has 0 saturated carbocycles. The molecule has 4 rings (SSSR count). The molecule has 1 fully saturated rings. The molecule has 2 N–H and O–H groups in total. The Morgan fingerprint density at radius 2 is 1.86 bits per heavy atom. The van der Waals surface area contributed by atoms with Crippen LogP contribution in [-0.2, 0) is 16.1 Å². The van der Waals surface area contributed by atoms with Crippen LogP contribution in [0.4, 0.5) is 0 Å². The van der Waals surface area contributed by atoms with Crippen molar-refractivity contribution < 1.29 is 28.7 Å². The number of nitrogens with one attached hydrogen (secondary N) is 1. The number of nitrogens with zero attached hydrogens (tertiary/aromatic N) is 2. The summed E-state index contributed by atoms with van der Waals surface area (Å²) in [4.78, 5) is 30.8. The molecule has 2 heterocycles. The van der Waals surface area contributed by atoms with E-state index in [1.807, 2.05) is 35.4 Å². The summed E-state index contributed by atoms with van der Waals surface area (Å²) >= 11 is 0. The fourth-order valence-corrected chi connectivity index (χ4v) is 4.15. The summed E-state index contributed by atoms with van der Waals surface area (Å²) in [5.41, 5.74) is 1.20. The molecule has 8 heteroatoms. The van der Waals surface area contributed by atoms with Crippen molar-refractivity contribution in [2.45, 2.75) is 19.0 Å². The van der Waals surface area contributed by atoms with Crippen molar-refractivity contribution in [3.05, 3.63) is 96.6 Å². The minimum atomic E-state index is -0.714. The first-order valence-electron chi connectivity index (χ1n) is 11.3. The molecule has 35 heavy (non-hydrogen) atoms. The lowest BCUT2D eigenvalue weighted by Gasteiger charge is -2.25. The van der Waals surface area contributed by atoms with Gasteiger partial charge < -0.3 is 19.5 Å². The van der Waals surface area contributed by atoms with E-state index in [0.29, 0.717) is 48.7 Å². The molecule has 2 aromatic carbocycles. The van der Waals surface area contributed by atoms with Gasteiger partial charge in [0.2, 0.25) is 6.33 Å². The van der Waals surface area contributed by atoms with E-state index in [2.05, 4.69) is 11.6 Å². The van der Waals surface area contributed by atoms with Crippen LogP contribution in [0.15, 0.2) is 85.5 Å². The van der Waals surface area contributed by atoms with Gasteiger partial charge in [-0.2, -0.15) is 0 Å². The maximum absolute atomic E-state index is 13.2. The van der Waals surface area contributed by atoms with Crippen LogP contribution in [0, 0.1) is 0 Å². The molecule has 180 valence electrons. The fraction of sp³-hybridized carbons (Fsp3) is 0.222. The molecule has 0 bridgehead atoms. The molecule has 1 aliphatic heterocycles. The number of Topliss-reactive ketones (excluding diaryl/α,β-unsaturated/α-hetero) is 1. The van der Waals surface area contributed by atoms with Gasteiger partial charge in [-0.25, -0.2) is 4.57 Å². The number of rotatable bonds is 10. The number of aliphatic hydroxyl groups excluding tert-OH is 1. The summed E-state index contributed by atoms with van der Waals surface area (Å²) in [5, 5.41) is 11.2. The number of benzene rings is 2. The molecule has 1 amide bonds. The van der Waals surface area contributed by atoms with Crippen LogP contribution in [0.5, 0.6) is 11.5 Å². The van der Waals surface area contributed by atoms with Gasteiger partial charge in [-0.05, 0) is 42.0 Å². The number of likely N-dealkylation sites (tertiary alicyclic amines) is 1. The lowest BCUT2D eigenvalue weighted by atomic mass is 9.95. The van der Waals surface area contributed by atoms with Crippen LogP contribution in [-0.4, -0.2) is 46.9 Å². The highest BCUT2D eigenvalue weighted by Gasteiger charge is 2.45. The standard InChI is InChI=1S/C27H27N3O5/c1-3-17-35-22-11-7-20(8-12-22)25(31)23-24(19-5-9-21(34-2)10-6-19)30(27(33)26(23)32)15-4-14-29-16-13-28-18-29/h3,5-13,16,18,24H,1,4,14-15,17H2,2H3,(H,31,32)/p+1. The van der Waals surface area contributed by atoms with E-state index in [-0.39, 0.29) is 11.3 Å². The van der Waals surface area contributed by atoms with E-state index in [9.17, 15) is 14.7 Å². The molecule has 1 unspecified atom stereocenters. The molecule has 0 aliphatic carbocycles. The summed E-state index contributed by atoms with van der Waals surface area (Å²) in [6.45, 7) is 5.01. The van der Waals surface area contributed by atoms with Crippen molar-refractivity contribution in [2.75, 3.05) is 20.3 Å². The number of carbonyl (C=O) groups is 2. The van der Waals surface area contributed by atoms with Crippen molar-refractivity contribution in [3.8, 4) is 11.5 Å². The number of ketones is 1. The summed E-state index contributed by atoms with van der Waals surface area (Å²) in [7, 11) is 1.57. The number of methoxy groups -OCH3 is 1. The molecule has 1 aromatic heterocycles. The SMILES string of the molecule is C=CCOc1ccc(/C(O)=C2\C(=O)C(=O)N(CCC[n+]3cc[nH]c3)C2c2ccc(OC)cc2)cc1. The largest absolute Gasteiger partial charge is 0.507 e. The van der Waals surface area contributed by atoms with Gasteiger partial charge in [0, 0.05) is 18.5 Å². The maximum Gasteiger partial charge on any atom is 0.295 e. The van der Waals surface area contributed by atoms with Crippen LogP contribution in [0.25, 0.3) is 5.76 Å². The Bertz CT molecular complexity index is 1210. The average Bonchev–Trinajstić information content (AvgIpc) is 3.50. The monoisotopic (exact) mass is 474 g/mol. The fourth-order valence-electron chi connectivity index (χ4n) is 4.15. The second-order valence-corrected chi connectivity index (χ2v) is 8.09. The number of amides is 1. The minimum Gasteiger partial charge on any atom is -0.507 e. The Morgan fingerprint density at radius 1 is 1.14 bits per heavy atom. The number of H-pyrrole nitrogens is 1. The van der Waals surface area contributed by atoms with E-state index in [1.165, 1.54) is 4.90 Å². The van der Waals surface area contributed by atoms with E-state index in [0.717, 1.165) is 0 Å². The third-order valence-electron chi connectivity index (χ3n) is 5.89. The van der Waals surface area contributed by atoms with Gasteiger partial charge in [-0.15, -0.1) is 0 Å². The summed E-state index contributed by atoms with van der Waals surface area (Å²) in [6.07, 6.45) is 7.82. The molecular formula is C27H28N3O5+. The lowest BCUT2D eigenvalue weighted by Crippen LogP contribution is -2.36. The van der Waals surface area contributed by atoms with Crippen LogP contribution in [0.2, 0.25) is 0 Å². The Hall–Kier alpha value is -4.33. The van der Waals surface area contributed by atoms with E-state index >= 15 is 0 Å². The lowest BCUT2D eigenvalue weighted by molar-refractivity contribution is -0.695. The second-order valence-electron chi connectivity index (χ2n) is 8.09. The average molecular weight is 475 g/mol. The second kappa shape index (κ2) is 10.7. The third-order valence-corrected chi connectivity index (χ3v) is 5.89. The molecule has 1 aliphatic rings. The number of aromatic nitrogens is 2. The molecule has 0 spiro atoms. The van der Waals surface area contributed by atoms with Gasteiger partial charge in [0.15, 0.2) is 0 Å². The van der Waals surface area contributed by atoms with Crippen LogP contribution in [0.3, 0.4) is 0 Å². The number of hydrogen-bond donors (Lipinski definition) is 2. The van der Waals surface area contributed by atoms with Gasteiger partial charge in [-0.1, -0.05) is 24.8 Å². The predicted molar refractivity (Wildman–Crippen MR) is 130 cm³/mol. The van der Waals surface area contributed by atoms with Gasteiger partial charge >= 0.3 is 0 Å². The first-order valence-corrected chi connectivity index (χ1v) is 11.3. The molecule has 0 radical (unpaired) electrons. The number of aliphatic hydroxyl groups is 1. The van der Waals surface area contributed by atoms with Crippen LogP contribution >= 0.6 is 0 Å². The zero-order valence-electron chi connectivity index (χ0n) is 19.5. The number of ether oxygens (including phenoxy) is 2. The number of aryl methyl sites for hydroxylation is 1. The van der Waals surface area contributed by atoms with Crippen molar-refractivity contribution in [2.24, 2.45) is 0 Å². The summed E-state index contributed by atoms with van der Waals surface area (Å²) < 4.78 is 12.7. The number of aromatic amines is 1. The van der Waals surface area contributed by atoms with Crippen molar-refractivity contribution >= 4 is 17.4 Å². The molecule has 8 nitrogen and oxygen atoms in total. The van der Waals surface area contributed by atoms with Crippen molar-refractivity contribution in [1.29, 1.82) is 0 Å². The maximum atomic E-state index is 13.2. The van der Waals surface area contributed by atoms with E-state index in [4.69, 9.17) is 9.47 Å². The van der Waals surface area contributed by atoms with E-state index < -0.39 is 17.7 Å². The highest BCUT2D eigenvalue weighted by Crippen LogP contribution is 2.40. The number of hydrogen-bond acceptors (Lipinski definition) is 5. The van der Waals surface area contributed by atoms with Crippen LogP contribution < -0.4 is 14.0 Å². The Balaban J connectivity index is 1.69. The van der Waals surface area contributed by atoms with Gasteiger partial charge in [0.05, 0.1) is 25.3 Å². The number of carbonyl (C=O) groups excluding carboxylic acids is 2. The normalized spacial score (nSPS) is 16.9. The van der Waals surface area contributed by atoms with Crippen molar-refractivity contribution in [3.63, 3.8) is 0 Å². The summed E-state index contributed by atoms with van der Waals surface area (Å²) in [5.74, 6) is -0.288. The predicted octanol–water partition coefficient (Wildman–Crippen LogP) is 3.39. The third kappa shape index (κ3) is 5.11. The first kappa shape index (κ1) is 23.8. The zero-order valence-corrected chi connectivity index (χ0v) is 19.5. The molecule has 3 aromatic rings. The van der Waals surface area contributed by atoms with Gasteiger partial charge in [0.25, 0.3) is 11.7 Å². The highest BCUT2D eigenvalue weighted by molar-refractivity contribution is 6.46. The zero-order chi connectivity index (χ0) is 24.8. The minimum absolute atomic E-state index is 0.0641. The van der Waals surface area contributed by atoms with Gasteiger partial charge in [-0.3, -0.25) is 14.6 Å². The first-order chi connectivity index (χ1) is 17.0.